The van der Waals surface area contributed by atoms with E-state index in [1.165, 1.54) is 0 Å². The summed E-state index contributed by atoms with van der Waals surface area (Å²) in [5.74, 6) is 2.34. The maximum absolute atomic E-state index is 6.73. The first-order chi connectivity index (χ1) is 29.7. The molecule has 0 amide bonds. The van der Waals surface area contributed by atoms with Crippen LogP contribution in [0.4, 0.5) is 0 Å². The van der Waals surface area contributed by atoms with E-state index in [0.29, 0.717) is 0 Å². The van der Waals surface area contributed by atoms with Crippen LogP contribution in [-0.2, 0) is 0 Å². The SMILES string of the molecule is Cc1cc(-n2c3ccccc3c3ccc(Oc4cccc(-n5c[n+](-c6c(-c7ccccc7)cccc6-c6ccccc6)c6ccccc65)c4)cc32)ncc1-c1ccncc1. The molecule has 0 aliphatic carbocycles. The van der Waals surface area contributed by atoms with Gasteiger partial charge in [-0.1, -0.05) is 115 Å². The molecule has 0 bridgehead atoms. The summed E-state index contributed by atoms with van der Waals surface area (Å²) in [5, 5.41) is 2.30. The number of hydrogen-bond donors (Lipinski definition) is 0. The molecule has 11 rings (SSSR count). The van der Waals surface area contributed by atoms with E-state index in [4.69, 9.17) is 9.72 Å². The van der Waals surface area contributed by atoms with Gasteiger partial charge in [-0.05, 0) is 89.8 Å². The molecule has 0 saturated carbocycles. The van der Waals surface area contributed by atoms with Gasteiger partial charge in [-0.15, -0.1) is 0 Å². The van der Waals surface area contributed by atoms with Gasteiger partial charge in [0.15, 0.2) is 11.0 Å². The molecule has 0 aliphatic heterocycles. The van der Waals surface area contributed by atoms with Crippen LogP contribution in [0.15, 0.2) is 213 Å². The minimum Gasteiger partial charge on any atom is -0.457 e. The van der Waals surface area contributed by atoms with Crippen LogP contribution in [0.5, 0.6) is 11.5 Å². The zero-order valence-electron chi connectivity index (χ0n) is 32.9. The Morgan fingerprint density at radius 2 is 1.13 bits per heavy atom. The maximum atomic E-state index is 6.73. The van der Waals surface area contributed by atoms with Crippen LogP contribution in [0, 0.1) is 6.92 Å². The van der Waals surface area contributed by atoms with Crippen molar-refractivity contribution >= 4 is 32.8 Å². The molecular weight excluding hydrogens is 735 g/mol. The molecule has 284 valence electrons. The number of imidazole rings is 1. The van der Waals surface area contributed by atoms with Gasteiger partial charge in [-0.25, -0.2) is 4.98 Å². The Morgan fingerprint density at radius 3 is 1.88 bits per heavy atom. The normalized spacial score (nSPS) is 11.4. The van der Waals surface area contributed by atoms with E-state index in [9.17, 15) is 0 Å². The molecule has 0 saturated heterocycles. The van der Waals surface area contributed by atoms with Crippen molar-refractivity contribution in [1.82, 2.24) is 19.1 Å². The fourth-order valence-electron chi connectivity index (χ4n) is 8.59. The maximum Gasteiger partial charge on any atom is 0.255 e. The molecule has 60 heavy (non-hydrogen) atoms. The number of aryl methyl sites for hydroxylation is 1. The van der Waals surface area contributed by atoms with Crippen LogP contribution < -0.4 is 9.30 Å². The van der Waals surface area contributed by atoms with Gasteiger partial charge >= 0.3 is 0 Å². The number of aromatic nitrogens is 5. The van der Waals surface area contributed by atoms with Crippen molar-refractivity contribution in [3.05, 3.63) is 219 Å². The lowest BCUT2D eigenvalue weighted by Crippen LogP contribution is -2.30. The summed E-state index contributed by atoms with van der Waals surface area (Å²) >= 11 is 0. The van der Waals surface area contributed by atoms with E-state index in [1.807, 2.05) is 36.8 Å². The number of rotatable bonds is 8. The summed E-state index contributed by atoms with van der Waals surface area (Å²) in [6, 6.07) is 65.8. The zero-order chi connectivity index (χ0) is 40.0. The average Bonchev–Trinajstić information content (AvgIpc) is 3.86. The van der Waals surface area contributed by atoms with Gasteiger partial charge in [0.1, 0.15) is 28.7 Å². The molecule has 0 aliphatic rings. The van der Waals surface area contributed by atoms with E-state index in [2.05, 4.69) is 202 Å². The summed E-state index contributed by atoms with van der Waals surface area (Å²) in [6.07, 6.45) is 7.80. The van der Waals surface area contributed by atoms with Gasteiger partial charge in [0, 0.05) is 58.2 Å². The number of nitrogens with zero attached hydrogens (tertiary/aromatic N) is 5. The van der Waals surface area contributed by atoms with E-state index >= 15 is 0 Å². The number of benzene rings is 7. The minimum absolute atomic E-state index is 0.740. The Labute approximate surface area is 347 Å². The predicted molar refractivity (Wildman–Crippen MR) is 242 cm³/mol. The smallest absolute Gasteiger partial charge is 0.255 e. The molecule has 11 aromatic rings. The van der Waals surface area contributed by atoms with Crippen LogP contribution >= 0.6 is 0 Å². The van der Waals surface area contributed by atoms with Crippen LogP contribution in [0.2, 0.25) is 0 Å². The van der Waals surface area contributed by atoms with Crippen LogP contribution in [0.25, 0.3) is 83.4 Å². The van der Waals surface area contributed by atoms with E-state index in [1.54, 1.807) is 0 Å². The molecule has 0 N–H and O–H groups in total. The van der Waals surface area contributed by atoms with Gasteiger partial charge in [0.05, 0.1) is 11.0 Å². The lowest BCUT2D eigenvalue weighted by atomic mass is 9.95. The molecule has 0 atom stereocenters. The van der Waals surface area contributed by atoms with Crippen LogP contribution in [0.1, 0.15) is 5.56 Å². The van der Waals surface area contributed by atoms with Crippen molar-refractivity contribution in [1.29, 1.82) is 0 Å². The van der Waals surface area contributed by atoms with Gasteiger partial charge in [-0.2, -0.15) is 9.13 Å². The van der Waals surface area contributed by atoms with Crippen molar-refractivity contribution in [2.45, 2.75) is 6.92 Å². The standard InChI is InChI=1S/C54H38N5O/c1-37-32-53(56-35-48(37)40-28-30-55-31-29-40)59-49-23-9-8-20-46(49)47-27-26-43(34-52(47)59)60-42-19-12-18-41(33-42)57-36-58(51-25-11-10-24-50(51)57)54-44(38-14-4-2-5-15-38)21-13-22-45(54)39-16-6-3-7-17-39/h2-36H,1H3/q+1. The van der Waals surface area contributed by atoms with E-state index in [0.717, 1.165) is 100 Å². The summed E-state index contributed by atoms with van der Waals surface area (Å²) in [7, 11) is 0. The second kappa shape index (κ2) is 14.7. The fourth-order valence-corrected chi connectivity index (χ4v) is 8.59. The van der Waals surface area contributed by atoms with Crippen LogP contribution in [-0.4, -0.2) is 19.1 Å². The third-order valence-electron chi connectivity index (χ3n) is 11.4. The molecule has 6 nitrogen and oxygen atoms in total. The van der Waals surface area contributed by atoms with Gasteiger partial charge < -0.3 is 4.74 Å². The molecule has 4 heterocycles. The highest BCUT2D eigenvalue weighted by molar-refractivity contribution is 6.09. The molecule has 7 aromatic carbocycles. The number of hydrogen-bond acceptors (Lipinski definition) is 3. The lowest BCUT2D eigenvalue weighted by molar-refractivity contribution is -0.566. The van der Waals surface area contributed by atoms with Crippen molar-refractivity contribution in [2.24, 2.45) is 0 Å². The second-order valence-corrected chi connectivity index (χ2v) is 15.0. The average molecular weight is 773 g/mol. The summed E-state index contributed by atoms with van der Waals surface area (Å²) in [5.41, 5.74) is 14.4. The van der Waals surface area contributed by atoms with Gasteiger partial charge in [0.25, 0.3) is 6.33 Å². The molecule has 0 fully saturated rings. The summed E-state index contributed by atoms with van der Waals surface area (Å²) in [4.78, 5) is 9.20. The Balaban J connectivity index is 1.01. The monoisotopic (exact) mass is 772 g/mol. The van der Waals surface area contributed by atoms with E-state index < -0.39 is 0 Å². The first-order valence-corrected chi connectivity index (χ1v) is 20.1. The minimum atomic E-state index is 0.740. The number of pyridine rings is 2. The van der Waals surface area contributed by atoms with E-state index in [-0.39, 0.29) is 0 Å². The molecule has 0 spiro atoms. The highest BCUT2D eigenvalue weighted by atomic mass is 16.5. The Kier molecular flexibility index (Phi) is 8.59. The Bertz CT molecular complexity index is 3290. The predicted octanol–water partition coefficient (Wildman–Crippen LogP) is 12.9. The highest BCUT2D eigenvalue weighted by Crippen LogP contribution is 2.37. The van der Waals surface area contributed by atoms with Crippen molar-refractivity contribution in [3.63, 3.8) is 0 Å². The van der Waals surface area contributed by atoms with Gasteiger partial charge in [0.2, 0.25) is 0 Å². The molecule has 0 unspecified atom stereocenters. The Morgan fingerprint density at radius 1 is 0.500 bits per heavy atom. The van der Waals surface area contributed by atoms with Crippen LogP contribution in [0.3, 0.4) is 0 Å². The zero-order valence-corrected chi connectivity index (χ0v) is 32.9. The van der Waals surface area contributed by atoms with Crippen molar-refractivity contribution in [3.8, 4) is 62.1 Å². The quantitative estimate of drug-likeness (QED) is 0.145. The van der Waals surface area contributed by atoms with Gasteiger partial charge in [-0.3, -0.25) is 9.55 Å². The van der Waals surface area contributed by atoms with Crippen molar-refractivity contribution in [2.75, 3.05) is 0 Å². The topological polar surface area (TPSA) is 48.8 Å². The first-order valence-electron chi connectivity index (χ1n) is 20.1. The molecule has 6 heteroatoms. The second-order valence-electron chi connectivity index (χ2n) is 15.0. The summed E-state index contributed by atoms with van der Waals surface area (Å²) < 4.78 is 13.6. The number of ether oxygens (including phenoxy) is 1. The summed E-state index contributed by atoms with van der Waals surface area (Å²) in [6.45, 7) is 2.13. The lowest BCUT2D eigenvalue weighted by Gasteiger charge is -2.13. The third kappa shape index (κ3) is 6.10. The third-order valence-corrected chi connectivity index (χ3v) is 11.4. The first kappa shape index (κ1) is 35.1. The molecule has 4 aromatic heterocycles. The highest BCUT2D eigenvalue weighted by Gasteiger charge is 2.25. The number of para-hydroxylation sites is 4. The van der Waals surface area contributed by atoms with Crippen molar-refractivity contribution < 1.29 is 9.30 Å². The largest absolute Gasteiger partial charge is 0.457 e. The number of fused-ring (bicyclic) bond motifs is 4. The fraction of sp³-hybridized carbons (Fsp3) is 0.0185. The molecule has 0 radical (unpaired) electrons. The Hall–Kier alpha value is -8.09. The molecular formula is C54H38N5O+.